The van der Waals surface area contributed by atoms with Crippen LogP contribution in [0.4, 0.5) is 0 Å². The van der Waals surface area contributed by atoms with Crippen LogP contribution in [0, 0.1) is 45.9 Å². The van der Waals surface area contributed by atoms with E-state index in [2.05, 4.69) is 45.3 Å². The maximum absolute atomic E-state index is 9.46. The molecule has 5 nitrogen and oxygen atoms in total. The fourth-order valence-corrected chi connectivity index (χ4v) is 11.4. The largest absolute Gasteiger partial charge is 0.510 e. The Morgan fingerprint density at radius 1 is 0.525 bits per heavy atom. The number of rotatable bonds is 7. The summed E-state index contributed by atoms with van der Waals surface area (Å²) < 4.78 is 165. The molecule has 10 aromatic carbocycles. The van der Waals surface area contributed by atoms with E-state index in [-0.39, 0.29) is 110 Å². The Kier molecular flexibility index (Phi) is 8.62. The number of para-hydroxylation sites is 2. The number of ether oxygens (including phenoxy) is 1. The molecule has 0 atom stereocenters. The van der Waals surface area contributed by atoms with Gasteiger partial charge in [0.05, 0.1) is 23.6 Å². The van der Waals surface area contributed by atoms with Crippen molar-refractivity contribution >= 4 is 32.8 Å². The van der Waals surface area contributed by atoms with Crippen molar-refractivity contribution in [1.29, 1.82) is 0 Å². The summed E-state index contributed by atoms with van der Waals surface area (Å²) >= 11 is 0. The Hall–Kier alpha value is -8.89. The predicted molar refractivity (Wildman–Crippen MR) is 324 cm³/mol. The molecule has 0 saturated carbocycles. The Bertz CT molecular complexity index is 5310. The van der Waals surface area contributed by atoms with E-state index in [1.807, 2.05) is 59.2 Å². The second-order valence-corrected chi connectivity index (χ2v) is 20.7. The molecule has 0 unspecified atom stereocenters. The van der Waals surface area contributed by atoms with Crippen LogP contribution in [0.3, 0.4) is 0 Å². The number of imidazole rings is 1. The van der Waals surface area contributed by atoms with Gasteiger partial charge in [0, 0.05) is 60.7 Å². The van der Waals surface area contributed by atoms with E-state index >= 15 is 0 Å². The number of pyridine rings is 1. The van der Waals surface area contributed by atoms with Gasteiger partial charge in [-0.05, 0) is 163 Å². The summed E-state index contributed by atoms with van der Waals surface area (Å²) in [6, 6.07) is 54.1. The smallest absolute Gasteiger partial charge is 0.268 e. The molecule has 0 N–H and O–H groups in total. The molecule has 0 bridgehead atoms. The molecule has 0 spiro atoms. The van der Waals surface area contributed by atoms with Crippen molar-refractivity contribution in [3.8, 4) is 95.5 Å². The van der Waals surface area contributed by atoms with Gasteiger partial charge in [-0.25, -0.2) is 4.98 Å². The summed E-state index contributed by atoms with van der Waals surface area (Å²) in [4.78, 5) is 4.85. The van der Waals surface area contributed by atoms with Crippen LogP contribution in [0.15, 0.2) is 212 Å². The third-order valence-electron chi connectivity index (χ3n) is 14.9. The predicted octanol–water partition coefficient (Wildman–Crippen LogP) is 18.4. The summed E-state index contributed by atoms with van der Waals surface area (Å²) in [6.45, 7) is -5.15. The van der Waals surface area contributed by atoms with E-state index in [9.17, 15) is 2.74 Å². The van der Waals surface area contributed by atoms with Crippen LogP contribution in [0.2, 0.25) is 0 Å². The van der Waals surface area contributed by atoms with Crippen molar-refractivity contribution in [2.24, 2.45) is 0 Å². The van der Waals surface area contributed by atoms with Crippen molar-refractivity contribution in [3.05, 3.63) is 259 Å². The van der Waals surface area contributed by atoms with Crippen molar-refractivity contribution in [1.82, 2.24) is 14.1 Å². The number of aryl methyl sites for hydroxylation is 4. The molecule has 4 heterocycles. The van der Waals surface area contributed by atoms with Gasteiger partial charge in [-0.2, -0.15) is 18.2 Å². The minimum Gasteiger partial charge on any atom is -0.510 e. The third kappa shape index (κ3) is 8.34. The molecular weight excluding hydrogens is 1160 g/mol. The average Bonchev–Trinajstić information content (AvgIpc) is 1.61. The van der Waals surface area contributed by atoms with E-state index in [1.165, 1.54) is 36.4 Å². The number of hydrogen-bond donors (Lipinski definition) is 0. The maximum Gasteiger partial charge on any atom is 0.268 e. The molecule has 14 rings (SSSR count). The molecule has 6 heteroatoms. The number of hydrogen-bond acceptors (Lipinski definition) is 2. The van der Waals surface area contributed by atoms with Crippen LogP contribution in [0.5, 0.6) is 11.5 Å². The number of fused-ring (bicyclic) bond motifs is 10. The van der Waals surface area contributed by atoms with Gasteiger partial charge in [0.25, 0.3) is 6.33 Å². The summed E-state index contributed by atoms with van der Waals surface area (Å²) in [6.07, 6.45) is 5.40. The topological polar surface area (TPSA) is 35.9 Å². The van der Waals surface area contributed by atoms with Crippen molar-refractivity contribution in [2.45, 2.75) is 53.6 Å². The Morgan fingerprint density at radius 3 is 1.89 bits per heavy atom. The van der Waals surface area contributed by atoms with Crippen molar-refractivity contribution in [3.63, 3.8) is 0 Å². The first-order valence-electron chi connectivity index (χ1n) is 34.3. The first-order valence-corrected chi connectivity index (χ1v) is 25.8. The van der Waals surface area contributed by atoms with E-state index in [0.717, 1.165) is 21.9 Å². The number of nitrogens with zero attached hydrogens (tertiary/aromatic N) is 4. The first-order chi connectivity index (χ1) is 45.4. The molecule has 13 aromatic rings. The molecule has 0 fully saturated rings. The van der Waals surface area contributed by atoms with Crippen molar-refractivity contribution < 1.29 is 53.7 Å². The molecule has 1 aliphatic heterocycles. The monoisotopic (exact) mass is 1230 g/mol. The number of aromatic nitrogens is 4. The summed E-state index contributed by atoms with van der Waals surface area (Å²) in [7, 11) is 0. The zero-order chi connectivity index (χ0) is 68.0. The SMILES string of the molecule is [2H]c1c([2H])c([2H])c(-c2cccc3c2-c2cccc(-c4c(C([2H])([2H])[2H])cccc4C([2H])([2H])[2H])c2-[n+]2[c-]n(-c4[c-]c(Oc5[c-]c6c(cc5)c5ccccc5n6-c5cc(C(C)(C)C)ccn5)ccc4)c4cc(-c5c(C([2H])([2H])[2H])cccc5C([2H])([2H])[2H])cc(c42)-c2ccccc2-3)c([2H])c1[2H].[Pt]. The Morgan fingerprint density at radius 2 is 1.15 bits per heavy atom. The molecule has 0 amide bonds. The van der Waals surface area contributed by atoms with Crippen LogP contribution >= 0.6 is 0 Å². The van der Waals surface area contributed by atoms with E-state index in [4.69, 9.17) is 30.3 Å². The molecule has 80 heavy (non-hydrogen) atoms. The van der Waals surface area contributed by atoms with Gasteiger partial charge in [-0.3, -0.25) is 4.57 Å². The Labute approximate surface area is 506 Å². The molecule has 390 valence electrons. The van der Waals surface area contributed by atoms with Gasteiger partial charge in [-0.1, -0.05) is 178 Å². The van der Waals surface area contributed by atoms with E-state index in [0.29, 0.717) is 50.4 Å². The standard InChI is InChI=1S/C74H56N4O.Pt/c1-46-20-15-21-47(2)69(46)51-40-64-58-29-12-11-28-57(58)61-32-18-31-56(50-24-9-8-10-25-50)71(61)63-34-19-33-62(70-48(3)22-16-23-49(70)4)72(63)77-45-76(67(41-51)73(64)77)53-26-17-27-54(43-53)79-55-36-37-60-59-30-13-14-35-65(59)78(66(60)44-55)68-42-52(38-39-75-68)74(5,6)7;/h8-42H,1-7H3;/q-2;/i1D3,2D3,3D3,4D3,8D,9D,10D,24D,25D;. The zero-order valence-corrected chi connectivity index (χ0v) is 45.6. The minimum atomic E-state index is -2.92. The Balaban J connectivity index is 0.00000849. The van der Waals surface area contributed by atoms with Gasteiger partial charge in [0.1, 0.15) is 5.82 Å². The van der Waals surface area contributed by atoms with Gasteiger partial charge in [-0.15, -0.1) is 29.7 Å². The van der Waals surface area contributed by atoms with Crippen LogP contribution < -0.4 is 9.30 Å². The fraction of sp³-hybridized carbons (Fsp3) is 0.108. The zero-order valence-electron chi connectivity index (χ0n) is 60.3. The van der Waals surface area contributed by atoms with Gasteiger partial charge >= 0.3 is 0 Å². The summed E-state index contributed by atoms with van der Waals surface area (Å²) in [5.74, 6) is 1.20. The van der Waals surface area contributed by atoms with Crippen LogP contribution in [0.25, 0.3) is 117 Å². The van der Waals surface area contributed by atoms with Crippen LogP contribution in [-0.4, -0.2) is 14.1 Å². The van der Waals surface area contributed by atoms with E-state index < -0.39 is 57.6 Å². The van der Waals surface area contributed by atoms with Gasteiger partial charge in [0.2, 0.25) is 0 Å². The quantitative estimate of drug-likeness (QED) is 0.118. The van der Waals surface area contributed by atoms with E-state index in [1.54, 1.807) is 94.2 Å². The fourth-order valence-electron chi connectivity index (χ4n) is 11.4. The summed E-state index contributed by atoms with van der Waals surface area (Å²) in [5, 5.41) is 1.87. The molecule has 0 aliphatic carbocycles. The second-order valence-electron chi connectivity index (χ2n) is 20.7. The van der Waals surface area contributed by atoms with Crippen LogP contribution in [-0.2, 0) is 26.5 Å². The molecular formula is C74H56N4OPt-2. The van der Waals surface area contributed by atoms with Crippen LogP contribution in [0.1, 0.15) is 71.9 Å². The van der Waals surface area contributed by atoms with Gasteiger partial charge < -0.3 is 13.9 Å². The third-order valence-corrected chi connectivity index (χ3v) is 14.9. The molecule has 3 aromatic heterocycles. The first kappa shape index (κ1) is 34.9. The normalized spacial score (nSPS) is 15.6. The average molecular weight is 1230 g/mol. The molecule has 0 saturated heterocycles. The minimum absolute atomic E-state index is 0. The summed E-state index contributed by atoms with van der Waals surface area (Å²) in [5.41, 5.74) is 4.73. The van der Waals surface area contributed by atoms with Crippen molar-refractivity contribution in [2.75, 3.05) is 0 Å². The second kappa shape index (κ2) is 19.8. The van der Waals surface area contributed by atoms with Gasteiger partial charge in [0.15, 0.2) is 0 Å². The molecule has 1 aliphatic rings. The number of benzene rings is 10. The maximum atomic E-state index is 9.46. The molecule has 0 radical (unpaired) electrons.